The van der Waals surface area contributed by atoms with Crippen LogP contribution in [0.15, 0.2) is 18.2 Å². The largest absolute Gasteiger partial charge is 0.386 e. The highest BCUT2D eigenvalue weighted by Gasteiger charge is 2.16. The predicted molar refractivity (Wildman–Crippen MR) is 86.6 cm³/mol. The minimum absolute atomic E-state index is 0.513. The smallest absolute Gasteiger partial charge is 0.0991 e. The van der Waals surface area contributed by atoms with E-state index in [1.807, 2.05) is 4.68 Å². The number of aromatic nitrogens is 2. The van der Waals surface area contributed by atoms with E-state index in [-0.39, 0.29) is 0 Å². The van der Waals surface area contributed by atoms with Crippen LogP contribution in [0.3, 0.4) is 0 Å². The van der Waals surface area contributed by atoms with Crippen molar-refractivity contribution in [1.29, 1.82) is 0 Å². The number of aryl methyl sites for hydroxylation is 5. The van der Waals surface area contributed by atoms with Gasteiger partial charge in [-0.2, -0.15) is 5.10 Å². The highest BCUT2D eigenvalue weighted by Crippen LogP contribution is 2.25. The van der Waals surface area contributed by atoms with Gasteiger partial charge in [0.1, 0.15) is 0 Å². The average Bonchev–Trinajstić information content (AvgIpc) is 2.79. The maximum Gasteiger partial charge on any atom is 0.0991 e. The molecule has 0 aliphatic carbocycles. The molecule has 1 unspecified atom stereocenters. The molecular formula is C18H26N2O. The highest BCUT2D eigenvalue weighted by atomic mass is 16.3. The first-order valence-electron chi connectivity index (χ1n) is 7.77. The van der Waals surface area contributed by atoms with Crippen molar-refractivity contribution in [3.05, 3.63) is 51.8 Å². The van der Waals surface area contributed by atoms with Crippen LogP contribution >= 0.6 is 0 Å². The van der Waals surface area contributed by atoms with Gasteiger partial charge < -0.3 is 5.11 Å². The van der Waals surface area contributed by atoms with Gasteiger partial charge in [-0.1, -0.05) is 31.5 Å². The molecule has 0 saturated carbocycles. The van der Waals surface area contributed by atoms with Gasteiger partial charge in [0.15, 0.2) is 0 Å². The third-order valence-electron chi connectivity index (χ3n) is 4.06. The molecule has 0 radical (unpaired) electrons. The van der Waals surface area contributed by atoms with Crippen LogP contribution in [0, 0.1) is 20.8 Å². The summed E-state index contributed by atoms with van der Waals surface area (Å²) in [4.78, 5) is 0. The molecule has 2 rings (SSSR count). The summed E-state index contributed by atoms with van der Waals surface area (Å²) in [6.07, 6.45) is 1.35. The van der Waals surface area contributed by atoms with Crippen LogP contribution in [0.25, 0.3) is 0 Å². The second-order valence-electron chi connectivity index (χ2n) is 5.84. The Morgan fingerprint density at radius 1 is 1.05 bits per heavy atom. The molecule has 0 saturated heterocycles. The van der Waals surface area contributed by atoms with Crippen molar-refractivity contribution in [1.82, 2.24) is 9.78 Å². The maximum absolute atomic E-state index is 10.7. The summed E-state index contributed by atoms with van der Waals surface area (Å²) in [5.74, 6) is 0. The standard InChI is InChI=1S/C18H26N2O/c1-6-15-10-16(7-2)20(19-15)11-17(21)18-13(4)8-12(3)9-14(18)5/h8-10,17,21H,6-7,11H2,1-5H3. The van der Waals surface area contributed by atoms with Crippen LogP contribution in [-0.4, -0.2) is 14.9 Å². The van der Waals surface area contributed by atoms with Crippen LogP contribution < -0.4 is 0 Å². The Kier molecular flexibility index (Phi) is 4.84. The summed E-state index contributed by atoms with van der Waals surface area (Å²) in [5.41, 5.74) is 6.87. The third kappa shape index (κ3) is 3.35. The van der Waals surface area contributed by atoms with Gasteiger partial charge in [0.05, 0.1) is 18.3 Å². The van der Waals surface area contributed by atoms with Crippen molar-refractivity contribution >= 4 is 0 Å². The molecule has 1 aromatic heterocycles. The van der Waals surface area contributed by atoms with E-state index in [4.69, 9.17) is 0 Å². The van der Waals surface area contributed by atoms with E-state index in [0.717, 1.165) is 35.2 Å². The molecule has 21 heavy (non-hydrogen) atoms. The molecule has 3 heteroatoms. The van der Waals surface area contributed by atoms with Gasteiger partial charge in [-0.25, -0.2) is 0 Å². The summed E-state index contributed by atoms with van der Waals surface area (Å²) in [6.45, 7) is 11.0. The Balaban J connectivity index is 2.30. The molecule has 0 aliphatic heterocycles. The average molecular weight is 286 g/mol. The molecule has 1 heterocycles. The number of aliphatic hydroxyl groups excluding tert-OH is 1. The topological polar surface area (TPSA) is 38.0 Å². The fourth-order valence-electron chi connectivity index (χ4n) is 3.10. The summed E-state index contributed by atoms with van der Waals surface area (Å²) in [6, 6.07) is 6.40. The van der Waals surface area contributed by atoms with Crippen LogP contribution in [0.4, 0.5) is 0 Å². The molecular weight excluding hydrogens is 260 g/mol. The third-order valence-corrected chi connectivity index (χ3v) is 4.06. The van der Waals surface area contributed by atoms with Crippen LogP contribution in [0.2, 0.25) is 0 Å². The van der Waals surface area contributed by atoms with Crippen molar-refractivity contribution in [2.75, 3.05) is 0 Å². The molecule has 0 amide bonds. The molecule has 114 valence electrons. The summed E-state index contributed by atoms with van der Waals surface area (Å²) in [5, 5.41) is 15.3. The van der Waals surface area contributed by atoms with Crippen molar-refractivity contribution in [2.45, 2.75) is 60.1 Å². The lowest BCUT2D eigenvalue weighted by Crippen LogP contribution is -2.14. The number of hydrogen-bond acceptors (Lipinski definition) is 2. The summed E-state index contributed by atoms with van der Waals surface area (Å²) < 4.78 is 1.96. The zero-order valence-corrected chi connectivity index (χ0v) is 13.8. The lowest BCUT2D eigenvalue weighted by atomic mass is 9.95. The molecule has 0 spiro atoms. The monoisotopic (exact) mass is 286 g/mol. The zero-order valence-electron chi connectivity index (χ0n) is 13.8. The summed E-state index contributed by atoms with van der Waals surface area (Å²) >= 11 is 0. The van der Waals surface area contributed by atoms with Crippen LogP contribution in [0.5, 0.6) is 0 Å². The molecule has 2 aromatic rings. The van der Waals surface area contributed by atoms with Gasteiger partial charge in [-0.3, -0.25) is 4.68 Å². The number of aliphatic hydroxyl groups is 1. The first kappa shape index (κ1) is 15.8. The number of rotatable bonds is 5. The van der Waals surface area contributed by atoms with Gasteiger partial charge >= 0.3 is 0 Å². The van der Waals surface area contributed by atoms with Gasteiger partial charge in [0.2, 0.25) is 0 Å². The SMILES string of the molecule is CCc1cc(CC)n(CC(O)c2c(C)cc(C)cc2C)n1. The minimum Gasteiger partial charge on any atom is -0.386 e. The molecule has 0 bridgehead atoms. The fourth-order valence-corrected chi connectivity index (χ4v) is 3.10. The van der Waals surface area contributed by atoms with E-state index in [1.54, 1.807) is 0 Å². The number of nitrogens with zero attached hydrogens (tertiary/aromatic N) is 2. The van der Waals surface area contributed by atoms with Crippen LogP contribution in [0.1, 0.15) is 53.6 Å². The van der Waals surface area contributed by atoms with E-state index >= 15 is 0 Å². The van der Waals surface area contributed by atoms with Gasteiger partial charge in [0.25, 0.3) is 0 Å². The van der Waals surface area contributed by atoms with E-state index < -0.39 is 6.10 Å². The van der Waals surface area contributed by atoms with E-state index in [9.17, 15) is 5.11 Å². The molecule has 0 fully saturated rings. The minimum atomic E-state index is -0.513. The second-order valence-corrected chi connectivity index (χ2v) is 5.84. The Hall–Kier alpha value is -1.61. The fraction of sp³-hybridized carbons (Fsp3) is 0.500. The van der Waals surface area contributed by atoms with Crippen molar-refractivity contribution in [3.63, 3.8) is 0 Å². The quantitative estimate of drug-likeness (QED) is 0.910. The predicted octanol–water partition coefficient (Wildman–Crippen LogP) is 3.67. The first-order valence-corrected chi connectivity index (χ1v) is 7.77. The zero-order chi connectivity index (χ0) is 15.6. The molecule has 1 N–H and O–H groups in total. The number of benzene rings is 1. The van der Waals surface area contributed by atoms with Gasteiger partial charge in [0, 0.05) is 5.69 Å². The van der Waals surface area contributed by atoms with E-state index in [2.05, 4.69) is 57.9 Å². The van der Waals surface area contributed by atoms with Gasteiger partial charge in [-0.15, -0.1) is 0 Å². The lowest BCUT2D eigenvalue weighted by Gasteiger charge is -2.18. The Morgan fingerprint density at radius 2 is 1.67 bits per heavy atom. The maximum atomic E-state index is 10.7. The van der Waals surface area contributed by atoms with E-state index in [1.165, 1.54) is 11.3 Å². The van der Waals surface area contributed by atoms with Crippen molar-refractivity contribution < 1.29 is 5.11 Å². The Morgan fingerprint density at radius 3 is 2.19 bits per heavy atom. The van der Waals surface area contributed by atoms with Gasteiger partial charge in [-0.05, 0) is 56.4 Å². The van der Waals surface area contributed by atoms with E-state index in [0.29, 0.717) is 6.54 Å². The summed E-state index contributed by atoms with van der Waals surface area (Å²) in [7, 11) is 0. The number of hydrogen-bond donors (Lipinski definition) is 1. The molecule has 0 aliphatic rings. The molecule has 1 aromatic carbocycles. The van der Waals surface area contributed by atoms with Crippen molar-refractivity contribution in [2.24, 2.45) is 0 Å². The van der Waals surface area contributed by atoms with Crippen LogP contribution in [-0.2, 0) is 19.4 Å². The second kappa shape index (κ2) is 6.44. The highest BCUT2D eigenvalue weighted by molar-refractivity contribution is 5.38. The Bertz CT molecular complexity index is 605. The normalized spacial score (nSPS) is 12.7. The Labute approximate surface area is 127 Å². The molecule has 1 atom stereocenters. The molecule has 3 nitrogen and oxygen atoms in total. The van der Waals surface area contributed by atoms with Crippen molar-refractivity contribution in [3.8, 4) is 0 Å². The lowest BCUT2D eigenvalue weighted by molar-refractivity contribution is 0.148. The first-order chi connectivity index (χ1) is 9.96.